The number of aliphatic hydroxyl groups is 1. The lowest BCUT2D eigenvalue weighted by Gasteiger charge is -2.12. The number of nitrogens with one attached hydrogen (secondary N) is 1. The Kier molecular flexibility index (Phi) is 4.45. The maximum Gasteiger partial charge on any atom is 0.163 e. The Morgan fingerprint density at radius 3 is 2.87 bits per heavy atom. The number of fused-ring (bicyclic) bond motifs is 1. The van der Waals surface area contributed by atoms with Gasteiger partial charge in [-0.1, -0.05) is 30.3 Å². The predicted octanol–water partition coefficient (Wildman–Crippen LogP) is 1.89. The fourth-order valence-electron chi connectivity index (χ4n) is 2.34. The van der Waals surface area contributed by atoms with Crippen LogP contribution in [0.2, 0.25) is 0 Å². The molecular formula is C16H16N6O. The number of hydrogen-bond acceptors (Lipinski definition) is 6. The van der Waals surface area contributed by atoms with Crippen LogP contribution in [0.1, 0.15) is 18.1 Å². The molecule has 3 aromatic rings. The van der Waals surface area contributed by atoms with E-state index in [1.165, 1.54) is 6.33 Å². The van der Waals surface area contributed by atoms with Crippen LogP contribution in [0.25, 0.3) is 11.0 Å². The van der Waals surface area contributed by atoms with E-state index in [2.05, 4.69) is 26.5 Å². The van der Waals surface area contributed by atoms with Gasteiger partial charge >= 0.3 is 0 Å². The van der Waals surface area contributed by atoms with Crippen molar-refractivity contribution < 1.29 is 5.11 Å². The number of hydrogen-bond donors (Lipinski definition) is 2. The second-order valence-electron chi connectivity index (χ2n) is 5.04. The van der Waals surface area contributed by atoms with Crippen molar-refractivity contribution in [3.63, 3.8) is 0 Å². The summed E-state index contributed by atoms with van der Waals surface area (Å²) >= 11 is 0. The Labute approximate surface area is 133 Å². The molecule has 2 heterocycles. The fourth-order valence-corrected chi connectivity index (χ4v) is 2.34. The molecule has 7 nitrogen and oxygen atoms in total. The van der Waals surface area contributed by atoms with Crippen LogP contribution in [0, 0.1) is 11.3 Å². The van der Waals surface area contributed by atoms with Crippen LogP contribution in [-0.2, 0) is 6.54 Å². The van der Waals surface area contributed by atoms with Gasteiger partial charge in [-0.15, -0.1) is 0 Å². The minimum Gasteiger partial charge on any atom is -0.387 e. The quantitative estimate of drug-likeness (QED) is 0.721. The lowest BCUT2D eigenvalue weighted by molar-refractivity contribution is 0.191. The molecular weight excluding hydrogens is 292 g/mol. The number of nitriles is 1. The molecule has 0 amide bonds. The van der Waals surface area contributed by atoms with E-state index >= 15 is 0 Å². The highest BCUT2D eigenvalue weighted by Gasteiger charge is 2.12. The zero-order chi connectivity index (χ0) is 16.1. The molecule has 1 unspecified atom stereocenters. The van der Waals surface area contributed by atoms with Gasteiger partial charge in [0, 0.05) is 6.54 Å². The molecule has 0 aliphatic heterocycles. The van der Waals surface area contributed by atoms with E-state index in [1.54, 1.807) is 10.9 Å². The van der Waals surface area contributed by atoms with Crippen LogP contribution < -0.4 is 5.32 Å². The Morgan fingerprint density at radius 2 is 2.09 bits per heavy atom. The maximum absolute atomic E-state index is 10.2. The smallest absolute Gasteiger partial charge is 0.163 e. The van der Waals surface area contributed by atoms with Crippen molar-refractivity contribution >= 4 is 16.9 Å². The van der Waals surface area contributed by atoms with Gasteiger partial charge in [0.15, 0.2) is 5.65 Å². The number of aliphatic hydroxyl groups excluding tert-OH is 1. The highest BCUT2D eigenvalue weighted by Crippen LogP contribution is 2.20. The first-order chi connectivity index (χ1) is 11.3. The summed E-state index contributed by atoms with van der Waals surface area (Å²) in [5.74, 6) is 0.619. The molecule has 1 aromatic carbocycles. The minimum absolute atomic E-state index is 0.333. The van der Waals surface area contributed by atoms with Gasteiger partial charge < -0.3 is 10.4 Å². The average molecular weight is 308 g/mol. The first kappa shape index (κ1) is 14.9. The summed E-state index contributed by atoms with van der Waals surface area (Å²) in [5.41, 5.74) is 1.52. The van der Waals surface area contributed by atoms with Crippen molar-refractivity contribution in [3.8, 4) is 6.07 Å². The van der Waals surface area contributed by atoms with Crippen molar-refractivity contribution in [1.82, 2.24) is 19.7 Å². The van der Waals surface area contributed by atoms with E-state index in [-0.39, 0.29) is 0 Å². The first-order valence-corrected chi connectivity index (χ1v) is 7.30. The third kappa shape index (κ3) is 3.27. The van der Waals surface area contributed by atoms with E-state index in [4.69, 9.17) is 5.26 Å². The van der Waals surface area contributed by atoms with Gasteiger partial charge in [0.1, 0.15) is 12.1 Å². The Balaban J connectivity index is 1.76. The third-order valence-corrected chi connectivity index (χ3v) is 3.52. The van der Waals surface area contributed by atoms with Crippen LogP contribution >= 0.6 is 0 Å². The minimum atomic E-state index is -0.630. The van der Waals surface area contributed by atoms with E-state index in [0.29, 0.717) is 31.0 Å². The number of anilines is 1. The van der Waals surface area contributed by atoms with Crippen LogP contribution in [0.3, 0.4) is 0 Å². The van der Waals surface area contributed by atoms with Crippen molar-refractivity contribution in [2.45, 2.75) is 19.1 Å². The molecule has 23 heavy (non-hydrogen) atoms. The molecule has 3 rings (SSSR count). The lowest BCUT2D eigenvalue weighted by Crippen LogP contribution is -2.13. The highest BCUT2D eigenvalue weighted by atomic mass is 16.3. The summed E-state index contributed by atoms with van der Waals surface area (Å²) in [6.45, 7) is 0.822. The molecule has 0 aliphatic rings. The predicted molar refractivity (Wildman–Crippen MR) is 85.4 cm³/mol. The van der Waals surface area contributed by atoms with Crippen molar-refractivity contribution in [1.29, 1.82) is 5.26 Å². The van der Waals surface area contributed by atoms with Crippen LogP contribution in [0.4, 0.5) is 5.82 Å². The van der Waals surface area contributed by atoms with Crippen LogP contribution in [0.5, 0.6) is 0 Å². The first-order valence-electron chi connectivity index (χ1n) is 7.30. The molecule has 116 valence electrons. The summed E-state index contributed by atoms with van der Waals surface area (Å²) in [6, 6.07) is 11.5. The Morgan fingerprint density at radius 1 is 1.26 bits per heavy atom. The highest BCUT2D eigenvalue weighted by molar-refractivity contribution is 5.86. The molecule has 0 aliphatic carbocycles. The third-order valence-electron chi connectivity index (χ3n) is 3.52. The van der Waals surface area contributed by atoms with Gasteiger partial charge in [0.05, 0.1) is 36.7 Å². The van der Waals surface area contributed by atoms with E-state index in [9.17, 15) is 5.11 Å². The van der Waals surface area contributed by atoms with Crippen molar-refractivity contribution in [2.75, 3.05) is 11.9 Å². The largest absolute Gasteiger partial charge is 0.387 e. The normalized spacial score (nSPS) is 12.0. The molecule has 2 aromatic heterocycles. The molecule has 0 saturated carbocycles. The zero-order valence-corrected chi connectivity index (χ0v) is 12.4. The molecule has 0 bridgehead atoms. The Hall–Kier alpha value is -2.98. The van der Waals surface area contributed by atoms with Gasteiger partial charge in [-0.3, -0.25) is 0 Å². The maximum atomic E-state index is 10.2. The van der Waals surface area contributed by atoms with Gasteiger partial charge in [-0.05, 0) is 5.56 Å². The number of nitrogens with zero attached hydrogens (tertiary/aromatic N) is 5. The van der Waals surface area contributed by atoms with E-state index in [0.717, 1.165) is 10.9 Å². The van der Waals surface area contributed by atoms with Gasteiger partial charge in [-0.25, -0.2) is 14.6 Å². The molecule has 0 radical (unpaired) electrons. The zero-order valence-electron chi connectivity index (χ0n) is 12.4. The second-order valence-corrected chi connectivity index (χ2v) is 5.04. The fraction of sp³-hybridized carbons (Fsp3) is 0.250. The monoisotopic (exact) mass is 308 g/mol. The van der Waals surface area contributed by atoms with Crippen molar-refractivity contribution in [2.24, 2.45) is 0 Å². The summed E-state index contributed by atoms with van der Waals surface area (Å²) < 4.78 is 1.68. The van der Waals surface area contributed by atoms with Gasteiger partial charge in [0.25, 0.3) is 0 Å². The molecule has 7 heteroatoms. The number of aryl methyl sites for hydroxylation is 1. The van der Waals surface area contributed by atoms with Gasteiger partial charge in [-0.2, -0.15) is 10.4 Å². The number of rotatable bonds is 6. The van der Waals surface area contributed by atoms with Crippen molar-refractivity contribution in [3.05, 3.63) is 48.4 Å². The standard InChI is InChI=1S/C16H16N6O/c17-7-4-8-22-16-13(9-21-22)15(19-11-20-16)18-10-14(23)12-5-2-1-3-6-12/h1-3,5-6,9,11,14,23H,4,8,10H2,(H,18,19,20). The van der Waals surface area contributed by atoms with Crippen LogP contribution in [0.15, 0.2) is 42.9 Å². The molecule has 2 N–H and O–H groups in total. The summed E-state index contributed by atoms with van der Waals surface area (Å²) in [5, 5.41) is 27.0. The number of benzene rings is 1. The molecule has 0 saturated heterocycles. The SMILES string of the molecule is N#CCCn1ncc2c(NCC(O)c3ccccc3)ncnc21. The summed E-state index contributed by atoms with van der Waals surface area (Å²) in [6.07, 6.45) is 2.86. The van der Waals surface area contributed by atoms with E-state index in [1.807, 2.05) is 30.3 Å². The number of aromatic nitrogens is 4. The summed E-state index contributed by atoms with van der Waals surface area (Å²) in [4.78, 5) is 8.43. The summed E-state index contributed by atoms with van der Waals surface area (Å²) in [7, 11) is 0. The molecule has 1 atom stereocenters. The average Bonchev–Trinajstić information content (AvgIpc) is 3.02. The van der Waals surface area contributed by atoms with Gasteiger partial charge in [0.2, 0.25) is 0 Å². The molecule has 0 spiro atoms. The topological polar surface area (TPSA) is 99.7 Å². The van der Waals surface area contributed by atoms with E-state index < -0.39 is 6.10 Å². The second kappa shape index (κ2) is 6.85. The molecule has 0 fully saturated rings. The van der Waals surface area contributed by atoms with Crippen LogP contribution in [-0.4, -0.2) is 31.4 Å². The Bertz CT molecular complexity index is 823. The lowest BCUT2D eigenvalue weighted by atomic mass is 10.1.